The van der Waals surface area contributed by atoms with E-state index in [1.54, 1.807) is 12.1 Å². The first-order valence-electron chi connectivity index (χ1n) is 5.79. The van der Waals surface area contributed by atoms with Crippen LogP contribution < -0.4 is 5.32 Å². The number of rotatable bonds is 3. The summed E-state index contributed by atoms with van der Waals surface area (Å²) in [6, 6.07) is 3.55. The molecule has 2 rings (SSSR count). The highest BCUT2D eigenvalue weighted by atomic mass is 79.9. The van der Waals surface area contributed by atoms with Gasteiger partial charge in [-0.15, -0.1) is 11.3 Å². The predicted molar refractivity (Wildman–Crippen MR) is 76.4 cm³/mol. The molecule has 0 aliphatic heterocycles. The van der Waals surface area contributed by atoms with Crippen molar-refractivity contribution in [2.75, 3.05) is 5.33 Å². The standard InChI is InChI=1S/C12H15BrClNOS/c13-8-12(6-2-1-3-7-12)15-11(16)9-4-5-10(14)17-9/h4-5H,1-3,6-8H2,(H,15,16). The molecule has 17 heavy (non-hydrogen) atoms. The third kappa shape index (κ3) is 3.24. The Kier molecular flexibility index (Phi) is 4.50. The Balaban J connectivity index is 2.05. The van der Waals surface area contributed by atoms with Gasteiger partial charge in [-0.3, -0.25) is 4.79 Å². The van der Waals surface area contributed by atoms with E-state index in [-0.39, 0.29) is 11.4 Å². The number of hydrogen-bond acceptors (Lipinski definition) is 2. The van der Waals surface area contributed by atoms with Crippen molar-refractivity contribution in [3.8, 4) is 0 Å². The summed E-state index contributed by atoms with van der Waals surface area (Å²) in [5, 5.41) is 4.00. The summed E-state index contributed by atoms with van der Waals surface area (Å²) < 4.78 is 0.659. The van der Waals surface area contributed by atoms with Crippen LogP contribution in [0.25, 0.3) is 0 Å². The van der Waals surface area contributed by atoms with Crippen LogP contribution in [0.1, 0.15) is 41.8 Å². The van der Waals surface area contributed by atoms with Gasteiger partial charge in [-0.1, -0.05) is 46.8 Å². The Morgan fingerprint density at radius 3 is 2.65 bits per heavy atom. The maximum atomic E-state index is 12.1. The number of alkyl halides is 1. The number of amides is 1. The van der Waals surface area contributed by atoms with E-state index in [0.717, 1.165) is 18.2 Å². The van der Waals surface area contributed by atoms with Crippen molar-refractivity contribution in [1.82, 2.24) is 5.32 Å². The van der Waals surface area contributed by atoms with Crippen LogP contribution in [0.3, 0.4) is 0 Å². The third-order valence-electron chi connectivity index (χ3n) is 3.24. The van der Waals surface area contributed by atoms with Crippen LogP contribution in [0.4, 0.5) is 0 Å². The van der Waals surface area contributed by atoms with Gasteiger partial charge in [-0.05, 0) is 25.0 Å². The maximum absolute atomic E-state index is 12.1. The van der Waals surface area contributed by atoms with E-state index in [9.17, 15) is 4.79 Å². The minimum atomic E-state index is -0.0637. The zero-order chi connectivity index (χ0) is 12.3. The molecule has 0 aromatic carbocycles. The molecule has 0 spiro atoms. The van der Waals surface area contributed by atoms with Crippen molar-refractivity contribution in [3.63, 3.8) is 0 Å². The van der Waals surface area contributed by atoms with Gasteiger partial charge in [0.05, 0.1) is 14.8 Å². The molecule has 1 amide bonds. The van der Waals surface area contributed by atoms with E-state index in [2.05, 4.69) is 21.2 Å². The molecule has 1 aliphatic rings. The fourth-order valence-corrected chi connectivity index (χ4v) is 3.90. The summed E-state index contributed by atoms with van der Waals surface area (Å²) in [7, 11) is 0. The molecular weight excluding hydrogens is 322 g/mol. The van der Waals surface area contributed by atoms with Crippen LogP contribution in [0.5, 0.6) is 0 Å². The highest BCUT2D eigenvalue weighted by Crippen LogP contribution is 2.31. The lowest BCUT2D eigenvalue weighted by Crippen LogP contribution is -2.51. The lowest BCUT2D eigenvalue weighted by molar-refractivity contribution is 0.0890. The average molecular weight is 337 g/mol. The van der Waals surface area contributed by atoms with Gasteiger partial charge in [0, 0.05) is 5.33 Å². The Hall–Kier alpha value is -0.0600. The molecule has 0 bridgehead atoms. The summed E-state index contributed by atoms with van der Waals surface area (Å²) in [6.45, 7) is 0. The highest BCUT2D eigenvalue weighted by molar-refractivity contribution is 9.09. The predicted octanol–water partition coefficient (Wildman–Crippen LogP) is 4.23. The fraction of sp³-hybridized carbons (Fsp3) is 0.583. The molecule has 1 aromatic rings. The summed E-state index contributed by atoms with van der Waals surface area (Å²) in [4.78, 5) is 12.8. The topological polar surface area (TPSA) is 29.1 Å². The van der Waals surface area contributed by atoms with Crippen LogP contribution >= 0.6 is 38.9 Å². The molecule has 0 atom stereocenters. The first-order valence-corrected chi connectivity index (χ1v) is 8.11. The van der Waals surface area contributed by atoms with Gasteiger partial charge in [-0.25, -0.2) is 0 Å². The van der Waals surface area contributed by atoms with Crippen molar-refractivity contribution in [1.29, 1.82) is 0 Å². The quantitative estimate of drug-likeness (QED) is 0.822. The van der Waals surface area contributed by atoms with Crippen molar-refractivity contribution >= 4 is 44.8 Å². The van der Waals surface area contributed by atoms with Gasteiger partial charge in [0.1, 0.15) is 0 Å². The summed E-state index contributed by atoms with van der Waals surface area (Å²) in [6.07, 6.45) is 5.77. The van der Waals surface area contributed by atoms with Crippen LogP contribution in [0.2, 0.25) is 4.34 Å². The number of carbonyl (C=O) groups excluding carboxylic acids is 1. The number of thiophene rings is 1. The molecule has 1 heterocycles. The van der Waals surface area contributed by atoms with Gasteiger partial charge in [0.25, 0.3) is 5.91 Å². The molecule has 0 saturated heterocycles. The normalized spacial score (nSPS) is 18.9. The Morgan fingerprint density at radius 1 is 1.41 bits per heavy atom. The molecular formula is C12H15BrClNOS. The largest absolute Gasteiger partial charge is 0.345 e. The smallest absolute Gasteiger partial charge is 0.261 e. The summed E-state index contributed by atoms with van der Waals surface area (Å²) in [5.74, 6) is 0.00301. The van der Waals surface area contributed by atoms with E-state index < -0.39 is 0 Å². The Labute approximate surface area is 119 Å². The Morgan fingerprint density at radius 2 is 2.12 bits per heavy atom. The van der Waals surface area contributed by atoms with Crippen LogP contribution in [0, 0.1) is 0 Å². The number of carbonyl (C=O) groups is 1. The lowest BCUT2D eigenvalue weighted by Gasteiger charge is -2.36. The van der Waals surface area contributed by atoms with Gasteiger partial charge in [0.2, 0.25) is 0 Å². The zero-order valence-corrected chi connectivity index (χ0v) is 12.6. The summed E-state index contributed by atoms with van der Waals surface area (Å²) >= 11 is 10.7. The highest BCUT2D eigenvalue weighted by Gasteiger charge is 2.32. The summed E-state index contributed by atoms with van der Waals surface area (Å²) in [5.41, 5.74) is -0.0637. The second-order valence-electron chi connectivity index (χ2n) is 4.53. The second kappa shape index (κ2) is 5.72. The van der Waals surface area contributed by atoms with E-state index >= 15 is 0 Å². The molecule has 0 unspecified atom stereocenters. The average Bonchev–Trinajstić information content (AvgIpc) is 2.77. The van der Waals surface area contributed by atoms with Crippen molar-refractivity contribution < 1.29 is 4.79 Å². The Bertz CT molecular complexity index is 401. The van der Waals surface area contributed by atoms with Crippen LogP contribution in [-0.4, -0.2) is 16.8 Å². The molecule has 1 N–H and O–H groups in total. The number of hydrogen-bond donors (Lipinski definition) is 1. The van der Waals surface area contributed by atoms with E-state index in [1.807, 2.05) is 0 Å². The maximum Gasteiger partial charge on any atom is 0.261 e. The SMILES string of the molecule is O=C(NC1(CBr)CCCCC1)c1ccc(Cl)s1. The number of nitrogens with one attached hydrogen (secondary N) is 1. The van der Waals surface area contributed by atoms with E-state index in [1.165, 1.54) is 30.6 Å². The minimum Gasteiger partial charge on any atom is -0.345 e. The van der Waals surface area contributed by atoms with Crippen LogP contribution in [0.15, 0.2) is 12.1 Å². The van der Waals surface area contributed by atoms with Crippen molar-refractivity contribution in [2.45, 2.75) is 37.6 Å². The first kappa shape index (κ1) is 13.4. The lowest BCUT2D eigenvalue weighted by atomic mass is 9.83. The zero-order valence-electron chi connectivity index (χ0n) is 9.47. The second-order valence-corrected chi connectivity index (χ2v) is 6.81. The van der Waals surface area contributed by atoms with E-state index in [4.69, 9.17) is 11.6 Å². The minimum absolute atomic E-state index is 0.00301. The molecule has 1 aromatic heterocycles. The fourth-order valence-electron chi connectivity index (χ4n) is 2.26. The molecule has 2 nitrogen and oxygen atoms in total. The number of halogens is 2. The van der Waals surface area contributed by atoms with Crippen molar-refractivity contribution in [2.24, 2.45) is 0 Å². The van der Waals surface area contributed by atoms with Crippen molar-refractivity contribution in [3.05, 3.63) is 21.3 Å². The van der Waals surface area contributed by atoms with Gasteiger partial charge >= 0.3 is 0 Å². The molecule has 1 aliphatic carbocycles. The molecule has 1 fully saturated rings. The monoisotopic (exact) mass is 335 g/mol. The molecule has 1 saturated carbocycles. The van der Waals surface area contributed by atoms with Gasteiger partial charge < -0.3 is 5.32 Å². The van der Waals surface area contributed by atoms with Gasteiger partial charge in [0.15, 0.2) is 0 Å². The molecule has 0 radical (unpaired) electrons. The third-order valence-corrected chi connectivity index (χ3v) is 5.55. The van der Waals surface area contributed by atoms with Gasteiger partial charge in [-0.2, -0.15) is 0 Å². The molecule has 94 valence electrons. The van der Waals surface area contributed by atoms with E-state index in [0.29, 0.717) is 9.21 Å². The first-order chi connectivity index (χ1) is 8.15. The molecule has 5 heteroatoms. The van der Waals surface area contributed by atoms with Crippen LogP contribution in [-0.2, 0) is 0 Å².